The van der Waals surface area contributed by atoms with Crippen LogP contribution < -0.4 is 0 Å². The molecular formula is C46H68O5. The summed E-state index contributed by atoms with van der Waals surface area (Å²) in [5, 5.41) is 19.2. The predicted octanol–water partition coefficient (Wildman–Crippen LogP) is 10.5. The Morgan fingerprint density at radius 2 is 1.27 bits per heavy atom. The maximum atomic E-state index is 11.9. The fourth-order valence-corrected chi connectivity index (χ4v) is 8.69. The van der Waals surface area contributed by atoms with Crippen LogP contribution >= 0.6 is 0 Å². The van der Waals surface area contributed by atoms with Gasteiger partial charge < -0.3 is 19.7 Å². The van der Waals surface area contributed by atoms with Crippen molar-refractivity contribution >= 4 is 5.97 Å². The first-order valence-corrected chi connectivity index (χ1v) is 20.3. The number of ether oxygens (including phenoxy) is 2. The summed E-state index contributed by atoms with van der Waals surface area (Å²) in [5.74, 6) is 3.32. The number of esters is 1. The number of aliphatic hydroxyl groups is 2. The third-order valence-corrected chi connectivity index (χ3v) is 12.0. The maximum Gasteiger partial charge on any atom is 0.333 e. The molecule has 0 heterocycles. The second-order valence-electron chi connectivity index (χ2n) is 15.8. The molecule has 2 atom stereocenters. The number of rotatable bonds is 22. The summed E-state index contributed by atoms with van der Waals surface area (Å²) in [6.45, 7) is 11.9. The van der Waals surface area contributed by atoms with E-state index in [1.165, 1.54) is 99.3 Å². The first-order chi connectivity index (χ1) is 24.8. The Labute approximate surface area is 309 Å². The van der Waals surface area contributed by atoms with Crippen LogP contribution in [0.25, 0.3) is 0 Å². The van der Waals surface area contributed by atoms with E-state index in [4.69, 9.17) is 9.47 Å². The lowest BCUT2D eigenvalue weighted by molar-refractivity contribution is -0.139. The SMILES string of the molecule is C=C(C)C(=O)OCCCC(CCCOC(O)C(=C)CO)C1CCC(C2CCC(c3ccc(CCc4ccc(CCCCC)cc4)cc3)CC2)CC1. The van der Waals surface area contributed by atoms with E-state index < -0.39 is 6.29 Å². The first kappa shape index (κ1) is 41.0. The van der Waals surface area contributed by atoms with Crippen LogP contribution in [0.4, 0.5) is 0 Å². The number of hydrogen-bond donors (Lipinski definition) is 2. The zero-order chi connectivity index (χ0) is 36.4. The summed E-state index contributed by atoms with van der Waals surface area (Å²) >= 11 is 0. The van der Waals surface area contributed by atoms with Crippen LogP contribution in [0.1, 0.15) is 138 Å². The van der Waals surface area contributed by atoms with E-state index in [0.717, 1.165) is 50.4 Å². The van der Waals surface area contributed by atoms with E-state index >= 15 is 0 Å². The Kier molecular flexibility index (Phi) is 18.0. The van der Waals surface area contributed by atoms with E-state index in [2.05, 4.69) is 68.6 Å². The molecule has 2 saturated carbocycles. The van der Waals surface area contributed by atoms with Crippen molar-refractivity contribution in [1.29, 1.82) is 0 Å². The lowest BCUT2D eigenvalue weighted by Crippen LogP contribution is -2.28. The van der Waals surface area contributed by atoms with Gasteiger partial charge >= 0.3 is 5.97 Å². The summed E-state index contributed by atoms with van der Waals surface area (Å²) in [6, 6.07) is 18.9. The topological polar surface area (TPSA) is 76.0 Å². The molecule has 0 aliphatic heterocycles. The number of hydrogen-bond acceptors (Lipinski definition) is 5. The minimum Gasteiger partial charge on any atom is -0.462 e. The zero-order valence-electron chi connectivity index (χ0n) is 32.0. The number of aryl methyl sites for hydroxylation is 3. The van der Waals surface area contributed by atoms with Gasteiger partial charge in [-0.1, -0.05) is 81.5 Å². The Morgan fingerprint density at radius 1 is 0.745 bits per heavy atom. The van der Waals surface area contributed by atoms with Gasteiger partial charge in [0.1, 0.15) is 0 Å². The molecule has 0 amide bonds. The van der Waals surface area contributed by atoms with Gasteiger partial charge in [-0.3, -0.25) is 0 Å². The van der Waals surface area contributed by atoms with Crippen molar-refractivity contribution in [1.82, 2.24) is 0 Å². The maximum absolute atomic E-state index is 11.9. The molecule has 2 aromatic carbocycles. The van der Waals surface area contributed by atoms with Gasteiger partial charge in [0.15, 0.2) is 6.29 Å². The van der Waals surface area contributed by atoms with E-state index in [1.807, 2.05) is 0 Å². The lowest BCUT2D eigenvalue weighted by Gasteiger charge is -2.40. The molecule has 2 aliphatic rings. The highest BCUT2D eigenvalue weighted by atomic mass is 16.6. The Hall–Kier alpha value is -2.73. The van der Waals surface area contributed by atoms with Crippen molar-refractivity contribution in [3.05, 3.63) is 95.1 Å². The largest absolute Gasteiger partial charge is 0.462 e. The normalized spacial score (nSPS) is 21.9. The highest BCUT2D eigenvalue weighted by Crippen LogP contribution is 2.46. The van der Waals surface area contributed by atoms with Crippen molar-refractivity contribution < 1.29 is 24.5 Å². The van der Waals surface area contributed by atoms with Crippen LogP contribution in [-0.4, -0.2) is 42.3 Å². The summed E-state index contributed by atoms with van der Waals surface area (Å²) in [7, 11) is 0. The molecule has 51 heavy (non-hydrogen) atoms. The molecule has 2 aliphatic carbocycles. The van der Waals surface area contributed by atoms with Crippen LogP contribution in [-0.2, 0) is 33.5 Å². The van der Waals surface area contributed by atoms with Crippen LogP contribution in [0.3, 0.4) is 0 Å². The van der Waals surface area contributed by atoms with Gasteiger partial charge in [0.2, 0.25) is 0 Å². The smallest absolute Gasteiger partial charge is 0.333 e. The molecular weight excluding hydrogens is 633 g/mol. The Bertz CT molecular complexity index is 1300. The number of unbranched alkanes of at least 4 members (excludes halogenated alkanes) is 2. The summed E-state index contributed by atoms with van der Waals surface area (Å²) in [4.78, 5) is 11.9. The molecule has 4 rings (SSSR count). The third-order valence-electron chi connectivity index (χ3n) is 12.0. The van der Waals surface area contributed by atoms with E-state index in [1.54, 1.807) is 6.92 Å². The molecule has 0 bridgehead atoms. The van der Waals surface area contributed by atoms with Crippen molar-refractivity contribution in [3.63, 3.8) is 0 Å². The molecule has 0 aromatic heterocycles. The van der Waals surface area contributed by atoms with Crippen molar-refractivity contribution in [3.8, 4) is 0 Å². The third kappa shape index (κ3) is 14.0. The Balaban J connectivity index is 1.18. The van der Waals surface area contributed by atoms with Crippen LogP contribution in [0.2, 0.25) is 0 Å². The number of benzene rings is 2. The molecule has 0 radical (unpaired) electrons. The van der Waals surface area contributed by atoms with Crippen LogP contribution in [0, 0.1) is 23.7 Å². The van der Waals surface area contributed by atoms with Gasteiger partial charge in [-0.2, -0.15) is 0 Å². The molecule has 2 unspecified atom stereocenters. The van der Waals surface area contributed by atoms with Crippen molar-refractivity contribution in [2.75, 3.05) is 19.8 Å². The van der Waals surface area contributed by atoms with Gasteiger partial charge in [-0.15, -0.1) is 0 Å². The van der Waals surface area contributed by atoms with Crippen LogP contribution in [0.15, 0.2) is 72.8 Å². The second-order valence-corrected chi connectivity index (χ2v) is 15.8. The van der Waals surface area contributed by atoms with E-state index in [9.17, 15) is 15.0 Å². The molecule has 5 heteroatoms. The van der Waals surface area contributed by atoms with Gasteiger partial charge in [0, 0.05) is 11.1 Å². The molecule has 5 nitrogen and oxygen atoms in total. The minimum absolute atomic E-state index is 0.278. The fraction of sp³-hybridized carbons (Fsp3) is 0.630. The predicted molar refractivity (Wildman–Crippen MR) is 210 cm³/mol. The van der Waals surface area contributed by atoms with Gasteiger partial charge in [-0.25, -0.2) is 4.79 Å². The van der Waals surface area contributed by atoms with Gasteiger partial charge in [0.05, 0.1) is 19.8 Å². The molecule has 2 aromatic rings. The van der Waals surface area contributed by atoms with E-state index in [0.29, 0.717) is 36.5 Å². The molecule has 2 N–H and O–H groups in total. The summed E-state index contributed by atoms with van der Waals surface area (Å²) in [6.07, 6.45) is 20.5. The number of aliphatic hydroxyl groups excluding tert-OH is 2. The van der Waals surface area contributed by atoms with Crippen LogP contribution in [0.5, 0.6) is 0 Å². The molecule has 0 saturated heterocycles. The van der Waals surface area contributed by atoms with Gasteiger partial charge in [-0.05, 0) is 162 Å². The monoisotopic (exact) mass is 701 g/mol. The zero-order valence-corrected chi connectivity index (χ0v) is 32.0. The first-order valence-electron chi connectivity index (χ1n) is 20.3. The summed E-state index contributed by atoms with van der Waals surface area (Å²) < 4.78 is 10.9. The second kappa shape index (κ2) is 22.4. The average Bonchev–Trinajstić information content (AvgIpc) is 3.16. The average molecular weight is 701 g/mol. The molecule has 282 valence electrons. The Morgan fingerprint density at radius 3 is 1.82 bits per heavy atom. The lowest BCUT2D eigenvalue weighted by atomic mass is 9.66. The summed E-state index contributed by atoms with van der Waals surface area (Å²) in [5.41, 5.74) is 6.62. The fourth-order valence-electron chi connectivity index (χ4n) is 8.69. The number of carbonyl (C=O) groups is 1. The van der Waals surface area contributed by atoms with Gasteiger partial charge in [0.25, 0.3) is 0 Å². The molecule has 0 spiro atoms. The quantitative estimate of drug-likeness (QED) is 0.0420. The standard InChI is InChI=1S/C46H68O5/c1-5-6-7-10-36-13-15-37(16-14-36)17-18-38-19-21-40(22-20-38)42-27-29-44(30-28-42)43-25-23-41(24-26-43)39(11-8-31-50-45(48)34(2)3)12-9-32-51-46(49)35(4)33-47/h13-16,19-22,39,41-44,46-47,49H,2,4-12,17-18,23-33H2,1,3H3. The van der Waals surface area contributed by atoms with E-state index in [-0.39, 0.29) is 18.1 Å². The highest BCUT2D eigenvalue weighted by Gasteiger charge is 2.33. The molecule has 2 fully saturated rings. The van der Waals surface area contributed by atoms with Crippen molar-refractivity contribution in [2.24, 2.45) is 23.7 Å². The highest BCUT2D eigenvalue weighted by molar-refractivity contribution is 5.86. The number of carbonyl (C=O) groups excluding carboxylic acids is 1. The van der Waals surface area contributed by atoms with Crippen molar-refractivity contribution in [2.45, 2.75) is 142 Å². The minimum atomic E-state index is -1.11.